The zero-order valence-corrected chi connectivity index (χ0v) is 24.7. The van der Waals surface area contributed by atoms with Gasteiger partial charge in [0.2, 0.25) is 5.91 Å². The van der Waals surface area contributed by atoms with Gasteiger partial charge in [-0.1, -0.05) is 58.0 Å². The van der Waals surface area contributed by atoms with E-state index in [1.54, 1.807) is 4.90 Å². The van der Waals surface area contributed by atoms with Crippen LogP contribution in [0.25, 0.3) is 0 Å². The van der Waals surface area contributed by atoms with Gasteiger partial charge in [0, 0.05) is 19.1 Å². The number of rotatable bonds is 9. The van der Waals surface area contributed by atoms with Crippen molar-refractivity contribution in [3.8, 4) is 6.07 Å². The molecule has 7 atom stereocenters. The first kappa shape index (κ1) is 28.9. The molecule has 0 spiro atoms. The third-order valence-corrected chi connectivity index (χ3v) is 10.2. The van der Waals surface area contributed by atoms with Gasteiger partial charge in [-0.2, -0.15) is 5.26 Å². The minimum atomic E-state index is -0.637. The van der Waals surface area contributed by atoms with Crippen LogP contribution in [0.3, 0.4) is 0 Å². The van der Waals surface area contributed by atoms with Crippen LogP contribution in [-0.2, 0) is 20.5 Å². The van der Waals surface area contributed by atoms with Crippen LogP contribution in [0.5, 0.6) is 0 Å². The zero-order valence-electron chi connectivity index (χ0n) is 24.7. The smallest absolute Gasteiger partial charge is 0.404 e. The highest BCUT2D eigenvalue weighted by atomic mass is 16.7. The monoisotopic (exact) mass is 548 g/mol. The van der Waals surface area contributed by atoms with E-state index in [9.17, 15) is 14.9 Å². The minimum absolute atomic E-state index is 0.0365. The predicted octanol–water partition coefficient (Wildman–Crippen LogP) is 4.34. The van der Waals surface area contributed by atoms with E-state index in [2.05, 4.69) is 49.6 Å². The van der Waals surface area contributed by atoms with Gasteiger partial charge in [-0.25, -0.2) is 4.79 Å². The van der Waals surface area contributed by atoms with Crippen LogP contribution in [-0.4, -0.2) is 60.7 Å². The first-order valence-corrected chi connectivity index (χ1v) is 15.1. The second kappa shape index (κ2) is 11.4. The molecule has 0 radical (unpaired) electrons. The summed E-state index contributed by atoms with van der Waals surface area (Å²) < 4.78 is 13.3. The molecule has 2 N–H and O–H groups in total. The van der Waals surface area contributed by atoms with Gasteiger partial charge in [0.15, 0.2) is 0 Å². The summed E-state index contributed by atoms with van der Waals surface area (Å²) in [6.45, 7) is 11.9. The fourth-order valence-corrected chi connectivity index (χ4v) is 7.80. The maximum absolute atomic E-state index is 13.2. The quantitative estimate of drug-likeness (QED) is 0.447. The molecule has 40 heavy (non-hydrogen) atoms. The third kappa shape index (κ3) is 5.50. The summed E-state index contributed by atoms with van der Waals surface area (Å²) in [6.07, 6.45) is 5.03. The van der Waals surface area contributed by atoms with E-state index in [0.717, 1.165) is 24.8 Å². The zero-order chi connectivity index (χ0) is 28.7. The Balaban J connectivity index is 1.23. The molecular weight excluding hydrogens is 503 g/mol. The third-order valence-electron chi connectivity index (χ3n) is 10.2. The fourth-order valence-electron chi connectivity index (χ4n) is 7.80. The molecule has 3 aliphatic carbocycles. The molecule has 1 aromatic carbocycles. The van der Waals surface area contributed by atoms with Crippen molar-refractivity contribution in [2.45, 2.75) is 96.8 Å². The van der Waals surface area contributed by atoms with Crippen molar-refractivity contribution in [2.75, 3.05) is 13.1 Å². The van der Waals surface area contributed by atoms with Crippen LogP contribution < -0.4 is 10.6 Å². The molecule has 5 aliphatic rings. The number of nitriles is 1. The number of nitrogens with one attached hydrogen (secondary N) is 2. The lowest BCUT2D eigenvalue weighted by Gasteiger charge is -2.64. The Kier molecular flexibility index (Phi) is 8.23. The molecule has 1 unspecified atom stereocenters. The topological polar surface area (TPSA) is 104 Å². The van der Waals surface area contributed by atoms with E-state index in [-0.39, 0.29) is 47.0 Å². The van der Waals surface area contributed by atoms with Crippen molar-refractivity contribution >= 4 is 19.1 Å². The fraction of sp³-hybridized carbons (Fsp3) is 0.710. The van der Waals surface area contributed by atoms with E-state index in [4.69, 9.17) is 9.31 Å². The Hall–Kier alpha value is -2.57. The number of carbonyl (C=O) groups excluding carboxylic acids is 2. The van der Waals surface area contributed by atoms with Gasteiger partial charge in [0.1, 0.15) is 5.92 Å². The highest BCUT2D eigenvalue weighted by Crippen LogP contribution is 2.65. The van der Waals surface area contributed by atoms with Gasteiger partial charge in [-0.15, -0.1) is 0 Å². The Morgan fingerprint density at radius 3 is 2.62 bits per heavy atom. The molecule has 8 nitrogen and oxygen atoms in total. The van der Waals surface area contributed by atoms with Gasteiger partial charge in [-0.05, 0) is 74.2 Å². The van der Waals surface area contributed by atoms with Crippen molar-refractivity contribution in [1.29, 1.82) is 5.26 Å². The first-order valence-electron chi connectivity index (χ1n) is 15.1. The van der Waals surface area contributed by atoms with Gasteiger partial charge < -0.3 is 24.8 Å². The van der Waals surface area contributed by atoms with Crippen LogP contribution in [0.4, 0.5) is 4.79 Å². The van der Waals surface area contributed by atoms with Gasteiger partial charge in [-0.3, -0.25) is 4.79 Å². The maximum Gasteiger partial charge on any atom is 0.482 e. The van der Waals surface area contributed by atoms with Crippen LogP contribution in [0.2, 0.25) is 0 Å². The van der Waals surface area contributed by atoms with E-state index in [1.165, 1.54) is 6.42 Å². The number of benzene rings is 1. The molecule has 216 valence electrons. The molecule has 3 amide bonds. The molecular formula is C31H45BN4O4. The summed E-state index contributed by atoms with van der Waals surface area (Å²) in [5.74, 6) is 0.248. The van der Waals surface area contributed by atoms with Gasteiger partial charge in [0.25, 0.3) is 0 Å². The summed E-state index contributed by atoms with van der Waals surface area (Å²) in [7, 11) is -0.534. The highest BCUT2D eigenvalue weighted by Gasteiger charge is 2.68. The lowest BCUT2D eigenvalue weighted by atomic mass is 9.43. The van der Waals surface area contributed by atoms with E-state index < -0.39 is 13.0 Å². The summed E-state index contributed by atoms with van der Waals surface area (Å²) in [4.78, 5) is 28.1. The average molecular weight is 549 g/mol. The number of hydrogen-bond donors (Lipinski definition) is 2. The molecule has 5 fully saturated rings. The predicted molar refractivity (Wildman–Crippen MR) is 154 cm³/mol. The molecule has 9 heteroatoms. The Morgan fingerprint density at radius 2 is 1.95 bits per heavy atom. The number of nitrogens with zero attached hydrogens (tertiary/aromatic N) is 2. The molecule has 2 heterocycles. The molecule has 0 aromatic heterocycles. The van der Waals surface area contributed by atoms with Crippen LogP contribution in [0.1, 0.15) is 72.3 Å². The second-order valence-electron chi connectivity index (χ2n) is 13.6. The number of hydrogen-bond acceptors (Lipinski definition) is 5. The Bertz CT molecular complexity index is 1120. The Morgan fingerprint density at radius 1 is 1.20 bits per heavy atom. The Labute approximate surface area is 239 Å². The molecule has 3 saturated carbocycles. The molecule has 1 aromatic rings. The summed E-state index contributed by atoms with van der Waals surface area (Å²) >= 11 is 0. The van der Waals surface area contributed by atoms with Crippen molar-refractivity contribution in [3.05, 3.63) is 35.9 Å². The van der Waals surface area contributed by atoms with Crippen molar-refractivity contribution in [3.63, 3.8) is 0 Å². The number of likely N-dealkylation sites (tertiary alicyclic amines) is 1. The molecule has 2 bridgehead atoms. The number of urea groups is 1. The average Bonchev–Trinajstić information content (AvgIpc) is 3.54. The largest absolute Gasteiger partial charge is 0.482 e. The standard InChI is InChI=1S/C31H45BN4O4/c1-20(2)14-22(18-33)28(37)36-13-9-12-24(36)19-34-29(38)35-27(15-21-10-7-6-8-11-21)32-39-26-17-23-16-25(30(23,3)4)31(26,5)40-32/h6-8,10-11,20,22-27H,9,12-17,19H2,1-5H3,(H2,34,35,38)/t22?,23-,24+,25-,26+,27-,31-/m0/s1. The summed E-state index contributed by atoms with van der Waals surface area (Å²) in [5, 5.41) is 15.7. The lowest BCUT2D eigenvalue weighted by molar-refractivity contribution is -0.199. The van der Waals surface area contributed by atoms with E-state index in [1.807, 2.05) is 32.0 Å². The number of amides is 3. The minimum Gasteiger partial charge on any atom is -0.404 e. The van der Waals surface area contributed by atoms with Gasteiger partial charge in [0.05, 0.1) is 23.7 Å². The van der Waals surface area contributed by atoms with Gasteiger partial charge >= 0.3 is 13.1 Å². The van der Waals surface area contributed by atoms with Crippen molar-refractivity contribution in [2.24, 2.45) is 29.1 Å². The molecule has 2 aliphatic heterocycles. The maximum atomic E-state index is 13.2. The summed E-state index contributed by atoms with van der Waals surface area (Å²) in [5.41, 5.74) is 0.992. The lowest BCUT2D eigenvalue weighted by Crippen LogP contribution is -2.65. The van der Waals surface area contributed by atoms with E-state index >= 15 is 0 Å². The summed E-state index contributed by atoms with van der Waals surface area (Å²) in [6, 6.07) is 11.9. The SMILES string of the molecule is CC(C)CC(C#N)C(=O)N1CCC[C@@H]1CNC(=O)N[C@@H](Cc1ccccc1)B1O[C@@H]2C[C@@H]3C[C@@H](C3(C)C)[C@]2(C)O1. The van der Waals surface area contributed by atoms with Crippen LogP contribution >= 0.6 is 0 Å². The molecule has 2 saturated heterocycles. The number of carbonyl (C=O) groups is 2. The molecule has 6 rings (SSSR count). The first-order chi connectivity index (χ1) is 19.0. The van der Waals surface area contributed by atoms with Crippen molar-refractivity contribution < 1.29 is 18.9 Å². The van der Waals surface area contributed by atoms with E-state index in [0.29, 0.717) is 37.8 Å². The van der Waals surface area contributed by atoms with Crippen molar-refractivity contribution in [1.82, 2.24) is 15.5 Å². The van der Waals surface area contributed by atoms with Crippen LogP contribution in [0, 0.1) is 40.4 Å². The highest BCUT2D eigenvalue weighted by molar-refractivity contribution is 6.48. The normalized spacial score (nSPS) is 31.6. The van der Waals surface area contributed by atoms with Crippen LogP contribution in [0.15, 0.2) is 30.3 Å². The second-order valence-corrected chi connectivity index (χ2v) is 13.6.